The summed E-state index contributed by atoms with van der Waals surface area (Å²) in [7, 11) is 0. The van der Waals surface area contributed by atoms with E-state index in [1.54, 1.807) is 18.2 Å². The number of aliphatic hydroxyl groups excluding tert-OH is 2. The molecule has 1 heterocycles. The van der Waals surface area contributed by atoms with Gasteiger partial charge in [0.05, 0.1) is 13.2 Å². The van der Waals surface area contributed by atoms with Crippen molar-refractivity contribution in [3.05, 3.63) is 42.2 Å². The van der Waals surface area contributed by atoms with Crippen LogP contribution in [-0.2, 0) is 0 Å². The Balaban J connectivity index is 2.23. The minimum absolute atomic E-state index is 0.142. The van der Waals surface area contributed by atoms with Crippen LogP contribution in [0.25, 0.3) is 11.3 Å². The minimum atomic E-state index is -0.376. The van der Waals surface area contributed by atoms with Gasteiger partial charge in [-0.3, -0.25) is 4.79 Å². The highest BCUT2D eigenvalue weighted by atomic mass is 16.4. The molecule has 0 aliphatic rings. The van der Waals surface area contributed by atoms with Crippen LogP contribution in [0, 0.1) is 0 Å². The zero-order valence-corrected chi connectivity index (χ0v) is 11.5. The van der Waals surface area contributed by atoms with Crippen LogP contribution in [0.15, 0.2) is 40.8 Å². The Morgan fingerprint density at radius 2 is 1.76 bits per heavy atom. The molecule has 2 aromatic rings. The second kappa shape index (κ2) is 6.92. The fraction of sp³-hybridized carbons (Fsp3) is 0.267. The zero-order chi connectivity index (χ0) is 15.2. The third-order valence-corrected chi connectivity index (χ3v) is 3.07. The first-order chi connectivity index (χ1) is 10.2. The van der Waals surface area contributed by atoms with Crippen molar-refractivity contribution < 1.29 is 19.4 Å². The summed E-state index contributed by atoms with van der Waals surface area (Å²) in [5.74, 6) is 0.276. The van der Waals surface area contributed by atoms with Gasteiger partial charge >= 0.3 is 0 Å². The van der Waals surface area contributed by atoms with Crippen molar-refractivity contribution >= 4 is 11.6 Å². The third-order valence-electron chi connectivity index (χ3n) is 3.07. The van der Waals surface area contributed by atoms with Crippen LogP contribution >= 0.6 is 0 Å². The van der Waals surface area contributed by atoms with Gasteiger partial charge in [0.2, 0.25) is 0 Å². The Hall–Kier alpha value is -2.31. The van der Waals surface area contributed by atoms with Crippen LogP contribution in [-0.4, -0.2) is 47.3 Å². The molecular weight excluding hydrogens is 272 g/mol. The summed E-state index contributed by atoms with van der Waals surface area (Å²) >= 11 is 0. The van der Waals surface area contributed by atoms with E-state index in [9.17, 15) is 4.79 Å². The monoisotopic (exact) mass is 290 g/mol. The van der Waals surface area contributed by atoms with Gasteiger partial charge in [0.1, 0.15) is 5.76 Å². The van der Waals surface area contributed by atoms with Crippen molar-refractivity contribution in [2.24, 2.45) is 0 Å². The number of nitrogens with two attached hydrogens (primary N) is 1. The van der Waals surface area contributed by atoms with E-state index >= 15 is 0 Å². The van der Waals surface area contributed by atoms with Crippen molar-refractivity contribution in [1.82, 2.24) is 4.90 Å². The molecule has 4 N–H and O–H groups in total. The average Bonchev–Trinajstić information content (AvgIpc) is 2.96. The van der Waals surface area contributed by atoms with Crippen molar-refractivity contribution in [2.75, 3.05) is 32.0 Å². The predicted molar refractivity (Wildman–Crippen MR) is 78.6 cm³/mol. The molecule has 0 atom stereocenters. The molecule has 0 radical (unpaired) electrons. The fourth-order valence-corrected chi connectivity index (χ4v) is 2.03. The number of amides is 1. The van der Waals surface area contributed by atoms with Gasteiger partial charge in [0.15, 0.2) is 5.76 Å². The number of para-hydroxylation sites is 1. The molecule has 1 aromatic heterocycles. The van der Waals surface area contributed by atoms with E-state index < -0.39 is 0 Å². The lowest BCUT2D eigenvalue weighted by atomic mass is 10.1. The first kappa shape index (κ1) is 15.1. The first-order valence-electron chi connectivity index (χ1n) is 6.63. The number of nitrogen functional groups attached to an aromatic ring is 1. The van der Waals surface area contributed by atoms with Crippen molar-refractivity contribution in [3.8, 4) is 11.3 Å². The molecule has 6 nitrogen and oxygen atoms in total. The highest BCUT2D eigenvalue weighted by Crippen LogP contribution is 2.27. The number of rotatable bonds is 6. The Morgan fingerprint density at radius 1 is 1.10 bits per heavy atom. The van der Waals surface area contributed by atoms with Gasteiger partial charge in [0.25, 0.3) is 5.91 Å². The molecule has 0 unspecified atom stereocenters. The summed E-state index contributed by atoms with van der Waals surface area (Å²) in [4.78, 5) is 13.6. The summed E-state index contributed by atoms with van der Waals surface area (Å²) in [6.07, 6.45) is 0. The van der Waals surface area contributed by atoms with E-state index in [0.717, 1.165) is 0 Å². The second-order valence-electron chi connectivity index (χ2n) is 4.49. The molecule has 112 valence electrons. The van der Waals surface area contributed by atoms with E-state index in [2.05, 4.69) is 0 Å². The van der Waals surface area contributed by atoms with E-state index in [1.165, 1.54) is 4.90 Å². The molecule has 0 saturated heterocycles. The first-order valence-corrected chi connectivity index (χ1v) is 6.63. The van der Waals surface area contributed by atoms with E-state index in [1.807, 2.05) is 18.2 Å². The SMILES string of the molecule is Nc1ccccc1-c1ccc(C(=O)N(CCO)CCO)o1. The summed E-state index contributed by atoms with van der Waals surface area (Å²) < 4.78 is 5.55. The Kier molecular flexibility index (Phi) is 4.97. The third kappa shape index (κ3) is 3.42. The number of aliphatic hydroxyl groups is 2. The van der Waals surface area contributed by atoms with Crippen LogP contribution < -0.4 is 5.73 Å². The predicted octanol–water partition coefficient (Wildman–Crippen LogP) is 0.956. The topological polar surface area (TPSA) is 99.9 Å². The van der Waals surface area contributed by atoms with Crippen molar-refractivity contribution in [2.45, 2.75) is 0 Å². The van der Waals surface area contributed by atoms with Gasteiger partial charge in [-0.15, -0.1) is 0 Å². The number of hydrogen-bond donors (Lipinski definition) is 3. The number of anilines is 1. The Labute approximate surface area is 122 Å². The maximum atomic E-state index is 12.2. The number of carbonyl (C=O) groups excluding carboxylic acids is 1. The maximum Gasteiger partial charge on any atom is 0.289 e. The molecule has 2 rings (SSSR count). The Bertz CT molecular complexity index is 603. The lowest BCUT2D eigenvalue weighted by Gasteiger charge is -2.19. The van der Waals surface area contributed by atoms with Crippen LogP contribution in [0.1, 0.15) is 10.6 Å². The van der Waals surface area contributed by atoms with Crippen LogP contribution in [0.2, 0.25) is 0 Å². The van der Waals surface area contributed by atoms with Crippen molar-refractivity contribution in [1.29, 1.82) is 0 Å². The molecule has 0 aliphatic heterocycles. The lowest BCUT2D eigenvalue weighted by molar-refractivity contribution is 0.0654. The molecule has 6 heteroatoms. The minimum Gasteiger partial charge on any atom is -0.451 e. The lowest BCUT2D eigenvalue weighted by Crippen LogP contribution is -2.35. The van der Waals surface area contributed by atoms with Gasteiger partial charge in [0, 0.05) is 24.3 Å². The molecule has 0 aliphatic carbocycles. The average molecular weight is 290 g/mol. The van der Waals surface area contributed by atoms with Crippen LogP contribution in [0.3, 0.4) is 0 Å². The highest BCUT2D eigenvalue weighted by molar-refractivity contribution is 5.92. The maximum absolute atomic E-state index is 12.2. The quantitative estimate of drug-likeness (QED) is 0.688. The normalized spacial score (nSPS) is 10.6. The van der Waals surface area contributed by atoms with E-state index in [-0.39, 0.29) is 38.0 Å². The van der Waals surface area contributed by atoms with Gasteiger partial charge in [-0.05, 0) is 24.3 Å². The number of hydrogen-bond acceptors (Lipinski definition) is 5. The summed E-state index contributed by atoms with van der Waals surface area (Å²) in [6.45, 7) is -0.0678. The zero-order valence-electron chi connectivity index (χ0n) is 11.5. The van der Waals surface area contributed by atoms with Gasteiger partial charge in [-0.1, -0.05) is 12.1 Å². The van der Waals surface area contributed by atoms with Crippen LogP contribution in [0.4, 0.5) is 5.69 Å². The summed E-state index contributed by atoms with van der Waals surface area (Å²) in [5, 5.41) is 17.9. The van der Waals surface area contributed by atoms with Crippen LogP contribution in [0.5, 0.6) is 0 Å². The largest absolute Gasteiger partial charge is 0.451 e. The molecular formula is C15H18N2O4. The van der Waals surface area contributed by atoms with E-state index in [0.29, 0.717) is 17.0 Å². The van der Waals surface area contributed by atoms with Gasteiger partial charge < -0.3 is 25.3 Å². The standard InChI is InChI=1S/C15H18N2O4/c16-12-4-2-1-3-11(12)13-5-6-14(21-13)15(20)17(7-9-18)8-10-19/h1-6,18-19H,7-10,16H2. The molecule has 1 aromatic carbocycles. The molecule has 1 amide bonds. The number of carbonyl (C=O) groups is 1. The molecule has 0 spiro atoms. The molecule has 0 bridgehead atoms. The van der Waals surface area contributed by atoms with Gasteiger partial charge in [-0.2, -0.15) is 0 Å². The number of furan rings is 1. The molecule has 21 heavy (non-hydrogen) atoms. The summed E-state index contributed by atoms with van der Waals surface area (Å²) in [5.41, 5.74) is 7.15. The van der Waals surface area contributed by atoms with E-state index in [4.69, 9.17) is 20.4 Å². The van der Waals surface area contributed by atoms with Crippen molar-refractivity contribution in [3.63, 3.8) is 0 Å². The number of benzene rings is 1. The number of nitrogens with zero attached hydrogens (tertiary/aromatic N) is 1. The smallest absolute Gasteiger partial charge is 0.289 e. The molecule has 0 saturated carbocycles. The second-order valence-corrected chi connectivity index (χ2v) is 4.49. The van der Waals surface area contributed by atoms with Gasteiger partial charge in [-0.25, -0.2) is 0 Å². The molecule has 0 fully saturated rings. The Morgan fingerprint density at radius 3 is 2.38 bits per heavy atom. The summed E-state index contributed by atoms with van der Waals surface area (Å²) in [6, 6.07) is 10.4. The fourth-order valence-electron chi connectivity index (χ4n) is 2.03. The highest BCUT2D eigenvalue weighted by Gasteiger charge is 2.19.